The third kappa shape index (κ3) is 3.77. The number of para-hydroxylation sites is 1. The van der Waals surface area contributed by atoms with Crippen molar-refractivity contribution < 1.29 is 9.90 Å². The number of aromatic nitrogens is 1. The summed E-state index contributed by atoms with van der Waals surface area (Å²) in [5.74, 6) is -0.936. The van der Waals surface area contributed by atoms with Gasteiger partial charge in [-0.15, -0.1) is 0 Å². The lowest BCUT2D eigenvalue weighted by molar-refractivity contribution is 0.0697. The molecular formula is C22H23N3O2. The van der Waals surface area contributed by atoms with E-state index in [2.05, 4.69) is 4.99 Å². The summed E-state index contributed by atoms with van der Waals surface area (Å²) in [5.41, 5.74) is 5.82. The maximum Gasteiger partial charge on any atom is 0.337 e. The number of benzene rings is 2. The van der Waals surface area contributed by atoms with Gasteiger partial charge in [-0.3, -0.25) is 4.99 Å². The van der Waals surface area contributed by atoms with Crippen LogP contribution in [-0.4, -0.2) is 36.0 Å². The number of carboxylic acid groups (broad SMARTS) is 1. The number of aliphatic imine (C=N–C) groups is 1. The van der Waals surface area contributed by atoms with E-state index in [0.29, 0.717) is 5.69 Å². The van der Waals surface area contributed by atoms with Gasteiger partial charge >= 0.3 is 5.97 Å². The Morgan fingerprint density at radius 3 is 2.37 bits per heavy atom. The van der Waals surface area contributed by atoms with Gasteiger partial charge in [0.15, 0.2) is 0 Å². The van der Waals surface area contributed by atoms with Crippen molar-refractivity contribution in [1.29, 1.82) is 0 Å². The number of aromatic carboxylic acids is 1. The van der Waals surface area contributed by atoms with Gasteiger partial charge in [0.05, 0.1) is 16.9 Å². The van der Waals surface area contributed by atoms with E-state index in [0.717, 1.165) is 28.3 Å². The molecule has 0 saturated heterocycles. The van der Waals surface area contributed by atoms with Crippen LogP contribution in [0.4, 0.5) is 11.4 Å². The minimum Gasteiger partial charge on any atom is -0.478 e. The van der Waals surface area contributed by atoms with E-state index in [9.17, 15) is 9.90 Å². The van der Waals surface area contributed by atoms with Gasteiger partial charge in [0.1, 0.15) is 0 Å². The molecule has 0 fully saturated rings. The first-order valence-corrected chi connectivity index (χ1v) is 8.71. The molecule has 3 rings (SSSR count). The molecule has 0 spiro atoms. The van der Waals surface area contributed by atoms with Gasteiger partial charge in [0, 0.05) is 42.9 Å². The SMILES string of the molecule is Cc1cc(C=Nc2ccc(N(C)C)cc2)c(C)n1-c1ccccc1C(=O)O. The molecule has 0 aliphatic carbocycles. The highest BCUT2D eigenvalue weighted by atomic mass is 16.4. The lowest BCUT2D eigenvalue weighted by Gasteiger charge is -2.12. The minimum absolute atomic E-state index is 0.280. The van der Waals surface area contributed by atoms with E-state index in [4.69, 9.17) is 0 Å². The predicted octanol–water partition coefficient (Wildman–Crippen LogP) is 4.61. The molecule has 0 atom stereocenters. The van der Waals surface area contributed by atoms with Crippen molar-refractivity contribution >= 4 is 23.6 Å². The van der Waals surface area contributed by atoms with Crippen molar-refractivity contribution in [1.82, 2.24) is 4.57 Å². The van der Waals surface area contributed by atoms with Crippen molar-refractivity contribution in [3.05, 3.63) is 77.1 Å². The molecule has 0 bridgehead atoms. The molecule has 0 radical (unpaired) electrons. The summed E-state index contributed by atoms with van der Waals surface area (Å²) in [5, 5.41) is 9.49. The lowest BCUT2D eigenvalue weighted by atomic mass is 10.1. The highest BCUT2D eigenvalue weighted by Crippen LogP contribution is 2.24. The van der Waals surface area contributed by atoms with Gasteiger partial charge in [-0.05, 0) is 56.3 Å². The van der Waals surface area contributed by atoms with Crippen LogP contribution >= 0.6 is 0 Å². The summed E-state index contributed by atoms with van der Waals surface area (Å²) >= 11 is 0. The van der Waals surface area contributed by atoms with E-state index in [1.807, 2.05) is 86.1 Å². The number of hydrogen-bond donors (Lipinski definition) is 1. The third-order valence-corrected chi connectivity index (χ3v) is 4.56. The summed E-state index contributed by atoms with van der Waals surface area (Å²) < 4.78 is 1.96. The fourth-order valence-electron chi connectivity index (χ4n) is 3.12. The molecule has 0 aliphatic heterocycles. The summed E-state index contributed by atoms with van der Waals surface area (Å²) in [4.78, 5) is 18.2. The summed E-state index contributed by atoms with van der Waals surface area (Å²) in [6.07, 6.45) is 1.83. The van der Waals surface area contributed by atoms with E-state index in [1.54, 1.807) is 12.1 Å². The molecule has 0 amide bonds. The first kappa shape index (κ1) is 18.5. The number of hydrogen-bond acceptors (Lipinski definition) is 3. The molecule has 3 aromatic rings. The average Bonchev–Trinajstić information content (AvgIpc) is 2.93. The average molecular weight is 361 g/mol. The van der Waals surface area contributed by atoms with E-state index in [-0.39, 0.29) is 5.56 Å². The Morgan fingerprint density at radius 2 is 1.74 bits per heavy atom. The van der Waals surface area contributed by atoms with Crippen molar-refractivity contribution in [2.24, 2.45) is 4.99 Å². The molecule has 1 N–H and O–H groups in total. The first-order valence-electron chi connectivity index (χ1n) is 8.71. The van der Waals surface area contributed by atoms with Gasteiger partial charge in [-0.1, -0.05) is 12.1 Å². The molecule has 1 heterocycles. The van der Waals surface area contributed by atoms with Crippen molar-refractivity contribution in [3.63, 3.8) is 0 Å². The van der Waals surface area contributed by atoms with Crippen LogP contribution in [0.3, 0.4) is 0 Å². The lowest BCUT2D eigenvalue weighted by Crippen LogP contribution is -2.07. The molecule has 5 heteroatoms. The van der Waals surface area contributed by atoms with Crippen molar-refractivity contribution in [2.45, 2.75) is 13.8 Å². The Balaban J connectivity index is 1.96. The van der Waals surface area contributed by atoms with Crippen LogP contribution in [0.1, 0.15) is 27.3 Å². The van der Waals surface area contributed by atoms with Crippen LogP contribution in [-0.2, 0) is 0 Å². The second-order valence-corrected chi connectivity index (χ2v) is 6.65. The molecular weight excluding hydrogens is 338 g/mol. The molecule has 1 aromatic heterocycles. The van der Waals surface area contributed by atoms with Gasteiger partial charge in [0.2, 0.25) is 0 Å². The monoisotopic (exact) mass is 361 g/mol. The molecule has 2 aromatic carbocycles. The number of carboxylic acids is 1. The standard InChI is InChI=1S/C22H23N3O2/c1-15-13-17(14-23-18-9-11-19(12-10-18)24(3)4)16(2)25(15)21-8-6-5-7-20(21)22(26)27/h5-14H,1-4H3,(H,26,27). The third-order valence-electron chi connectivity index (χ3n) is 4.56. The Labute approximate surface area is 159 Å². The van der Waals surface area contributed by atoms with E-state index < -0.39 is 5.97 Å². The molecule has 0 aliphatic rings. The maximum atomic E-state index is 11.6. The second-order valence-electron chi connectivity index (χ2n) is 6.65. The topological polar surface area (TPSA) is 57.8 Å². The van der Waals surface area contributed by atoms with Gasteiger partial charge in [-0.2, -0.15) is 0 Å². The largest absolute Gasteiger partial charge is 0.478 e. The van der Waals surface area contributed by atoms with Gasteiger partial charge < -0.3 is 14.6 Å². The van der Waals surface area contributed by atoms with Crippen LogP contribution in [0.25, 0.3) is 5.69 Å². The highest BCUT2D eigenvalue weighted by Gasteiger charge is 2.15. The fourth-order valence-corrected chi connectivity index (χ4v) is 3.12. The molecule has 27 heavy (non-hydrogen) atoms. The van der Waals surface area contributed by atoms with Crippen LogP contribution < -0.4 is 4.90 Å². The van der Waals surface area contributed by atoms with Crippen LogP contribution in [0, 0.1) is 13.8 Å². The zero-order chi connectivity index (χ0) is 19.6. The zero-order valence-corrected chi connectivity index (χ0v) is 16.0. The molecule has 138 valence electrons. The normalized spacial score (nSPS) is 11.1. The van der Waals surface area contributed by atoms with Gasteiger partial charge in [-0.25, -0.2) is 4.79 Å². The van der Waals surface area contributed by atoms with Crippen molar-refractivity contribution in [2.75, 3.05) is 19.0 Å². The van der Waals surface area contributed by atoms with Gasteiger partial charge in [0.25, 0.3) is 0 Å². The smallest absolute Gasteiger partial charge is 0.337 e. The van der Waals surface area contributed by atoms with E-state index >= 15 is 0 Å². The molecule has 5 nitrogen and oxygen atoms in total. The van der Waals surface area contributed by atoms with Crippen LogP contribution in [0.2, 0.25) is 0 Å². The number of nitrogens with zero attached hydrogens (tertiary/aromatic N) is 3. The first-order chi connectivity index (χ1) is 12.9. The summed E-state index contributed by atoms with van der Waals surface area (Å²) in [6, 6.07) is 17.1. The summed E-state index contributed by atoms with van der Waals surface area (Å²) in [7, 11) is 4.00. The highest BCUT2D eigenvalue weighted by molar-refractivity contribution is 5.92. The Kier molecular flexibility index (Phi) is 5.12. The fraction of sp³-hybridized carbons (Fsp3) is 0.182. The number of anilines is 1. The van der Waals surface area contributed by atoms with E-state index in [1.165, 1.54) is 0 Å². The Bertz CT molecular complexity index is 999. The predicted molar refractivity (Wildman–Crippen MR) is 110 cm³/mol. The van der Waals surface area contributed by atoms with Crippen LogP contribution in [0.5, 0.6) is 0 Å². The number of rotatable bonds is 5. The Morgan fingerprint density at radius 1 is 1.07 bits per heavy atom. The maximum absolute atomic E-state index is 11.6. The molecule has 0 unspecified atom stereocenters. The van der Waals surface area contributed by atoms with Crippen molar-refractivity contribution in [3.8, 4) is 5.69 Å². The zero-order valence-electron chi connectivity index (χ0n) is 16.0. The quantitative estimate of drug-likeness (QED) is 0.675. The van der Waals surface area contributed by atoms with Crippen LogP contribution in [0.15, 0.2) is 59.6 Å². The second kappa shape index (κ2) is 7.50. The Hall–Kier alpha value is -3.34. The number of aryl methyl sites for hydroxylation is 1. The molecule has 0 saturated carbocycles. The summed E-state index contributed by atoms with van der Waals surface area (Å²) in [6.45, 7) is 3.94. The number of carbonyl (C=O) groups is 1. The minimum atomic E-state index is -0.936.